The van der Waals surface area contributed by atoms with Gasteiger partial charge in [0, 0.05) is 25.7 Å². The number of piperidine rings is 1. The Morgan fingerprint density at radius 3 is 2.38 bits per heavy atom. The molecule has 1 heterocycles. The standard InChI is InChI=1S/C22H28N2O2/c1-15-14-21(8-9-22(15)26)24-12-10-20(11-13-24)19-6-4-18(5-7-19)16(2)23-17(3)25/h4-9,14,16,20,26H,10-13H2,1-3H3,(H,23,25). The van der Waals surface area contributed by atoms with Crippen molar-refractivity contribution < 1.29 is 9.90 Å². The number of phenolic OH excluding ortho intramolecular Hbond substituents is 1. The predicted molar refractivity (Wildman–Crippen MR) is 106 cm³/mol. The van der Waals surface area contributed by atoms with Crippen LogP contribution < -0.4 is 10.2 Å². The second-order valence-corrected chi connectivity index (χ2v) is 7.32. The van der Waals surface area contributed by atoms with Gasteiger partial charge in [0.2, 0.25) is 5.91 Å². The molecule has 3 rings (SSSR count). The summed E-state index contributed by atoms with van der Waals surface area (Å²) in [6.07, 6.45) is 2.25. The van der Waals surface area contributed by atoms with Gasteiger partial charge in [0.25, 0.3) is 0 Å². The molecule has 1 fully saturated rings. The number of amides is 1. The molecular weight excluding hydrogens is 324 g/mol. The number of anilines is 1. The minimum absolute atomic E-state index is 0.00147. The zero-order chi connectivity index (χ0) is 18.7. The zero-order valence-corrected chi connectivity index (χ0v) is 15.8. The molecule has 26 heavy (non-hydrogen) atoms. The SMILES string of the molecule is CC(=O)NC(C)c1ccc(C2CCN(c3ccc(O)c(C)c3)CC2)cc1. The zero-order valence-electron chi connectivity index (χ0n) is 15.8. The molecule has 2 N–H and O–H groups in total. The van der Waals surface area contributed by atoms with Crippen LogP contribution in [0.3, 0.4) is 0 Å². The van der Waals surface area contributed by atoms with Crippen LogP contribution >= 0.6 is 0 Å². The second-order valence-electron chi connectivity index (χ2n) is 7.32. The van der Waals surface area contributed by atoms with E-state index in [1.165, 1.54) is 11.3 Å². The van der Waals surface area contributed by atoms with Crippen molar-refractivity contribution in [2.45, 2.75) is 45.6 Å². The molecule has 0 bridgehead atoms. The van der Waals surface area contributed by atoms with E-state index in [0.717, 1.165) is 37.1 Å². The van der Waals surface area contributed by atoms with Crippen LogP contribution in [0.1, 0.15) is 55.3 Å². The highest BCUT2D eigenvalue weighted by atomic mass is 16.3. The van der Waals surface area contributed by atoms with Gasteiger partial charge in [-0.05, 0) is 67.5 Å². The van der Waals surface area contributed by atoms with Crippen LogP contribution in [0.5, 0.6) is 5.75 Å². The lowest BCUT2D eigenvalue weighted by atomic mass is 9.88. The maximum Gasteiger partial charge on any atom is 0.217 e. The maximum absolute atomic E-state index is 11.2. The summed E-state index contributed by atoms with van der Waals surface area (Å²) in [5.74, 6) is 0.935. The van der Waals surface area contributed by atoms with Crippen molar-refractivity contribution in [3.63, 3.8) is 0 Å². The van der Waals surface area contributed by atoms with Gasteiger partial charge in [-0.25, -0.2) is 0 Å². The van der Waals surface area contributed by atoms with Crippen molar-refractivity contribution in [3.05, 3.63) is 59.2 Å². The monoisotopic (exact) mass is 352 g/mol. The second kappa shape index (κ2) is 7.81. The molecule has 0 aliphatic carbocycles. The van der Waals surface area contributed by atoms with Crippen LogP contribution in [0.4, 0.5) is 5.69 Å². The van der Waals surface area contributed by atoms with Gasteiger partial charge in [-0.2, -0.15) is 0 Å². The van der Waals surface area contributed by atoms with Gasteiger partial charge in [-0.3, -0.25) is 4.79 Å². The highest BCUT2D eigenvalue weighted by molar-refractivity contribution is 5.73. The van der Waals surface area contributed by atoms with Gasteiger partial charge < -0.3 is 15.3 Å². The fourth-order valence-corrected chi connectivity index (χ4v) is 3.75. The topological polar surface area (TPSA) is 52.6 Å². The third-order valence-corrected chi connectivity index (χ3v) is 5.37. The molecule has 0 aromatic heterocycles. The summed E-state index contributed by atoms with van der Waals surface area (Å²) >= 11 is 0. The molecule has 1 amide bonds. The highest BCUT2D eigenvalue weighted by Gasteiger charge is 2.21. The molecule has 0 saturated carbocycles. The Kier molecular flexibility index (Phi) is 5.50. The lowest BCUT2D eigenvalue weighted by Gasteiger charge is -2.34. The summed E-state index contributed by atoms with van der Waals surface area (Å²) in [7, 11) is 0. The Hall–Kier alpha value is -2.49. The number of aryl methyl sites for hydroxylation is 1. The van der Waals surface area contributed by atoms with E-state index in [-0.39, 0.29) is 11.9 Å². The van der Waals surface area contributed by atoms with Crippen LogP contribution in [-0.2, 0) is 4.79 Å². The first-order valence-electron chi connectivity index (χ1n) is 9.35. The molecule has 2 aromatic rings. The van der Waals surface area contributed by atoms with Crippen molar-refractivity contribution in [2.24, 2.45) is 0 Å². The molecule has 0 spiro atoms. The number of aromatic hydroxyl groups is 1. The van der Waals surface area contributed by atoms with E-state index < -0.39 is 0 Å². The molecule has 1 aliphatic rings. The first-order chi connectivity index (χ1) is 12.4. The summed E-state index contributed by atoms with van der Waals surface area (Å²) in [5.41, 5.74) is 4.64. The van der Waals surface area contributed by atoms with Crippen LogP contribution in [0.25, 0.3) is 0 Å². The summed E-state index contributed by atoms with van der Waals surface area (Å²) in [6, 6.07) is 14.6. The number of nitrogens with one attached hydrogen (secondary N) is 1. The number of hydrogen-bond acceptors (Lipinski definition) is 3. The number of phenols is 1. The molecule has 1 atom stereocenters. The summed E-state index contributed by atoms with van der Waals surface area (Å²) in [4.78, 5) is 13.6. The Balaban J connectivity index is 1.61. The minimum atomic E-state index is -0.00147. The van der Waals surface area contributed by atoms with E-state index in [0.29, 0.717) is 11.7 Å². The van der Waals surface area contributed by atoms with Gasteiger partial charge in [0.15, 0.2) is 0 Å². The van der Waals surface area contributed by atoms with Crippen LogP contribution in [0.2, 0.25) is 0 Å². The molecule has 0 radical (unpaired) electrons. The summed E-state index contributed by atoms with van der Waals surface area (Å²) in [6.45, 7) is 7.55. The van der Waals surface area contributed by atoms with E-state index in [2.05, 4.69) is 40.5 Å². The average Bonchev–Trinajstić information content (AvgIpc) is 2.64. The minimum Gasteiger partial charge on any atom is -0.508 e. The van der Waals surface area contributed by atoms with Gasteiger partial charge in [-0.15, -0.1) is 0 Å². The highest BCUT2D eigenvalue weighted by Crippen LogP contribution is 2.32. The number of benzene rings is 2. The number of rotatable bonds is 4. The maximum atomic E-state index is 11.2. The van der Waals surface area contributed by atoms with E-state index in [9.17, 15) is 9.90 Å². The third-order valence-electron chi connectivity index (χ3n) is 5.37. The molecule has 2 aromatic carbocycles. The molecule has 1 saturated heterocycles. The molecular formula is C22H28N2O2. The van der Waals surface area contributed by atoms with Gasteiger partial charge in [0.1, 0.15) is 5.75 Å². The molecule has 1 aliphatic heterocycles. The quantitative estimate of drug-likeness (QED) is 0.863. The first kappa shape index (κ1) is 18.3. The van der Waals surface area contributed by atoms with Crippen LogP contribution in [0.15, 0.2) is 42.5 Å². The predicted octanol–water partition coefficient (Wildman–Crippen LogP) is 4.28. The van der Waals surface area contributed by atoms with Gasteiger partial charge in [0.05, 0.1) is 6.04 Å². The Morgan fingerprint density at radius 1 is 1.15 bits per heavy atom. The number of hydrogen-bond donors (Lipinski definition) is 2. The van der Waals surface area contributed by atoms with Crippen molar-refractivity contribution >= 4 is 11.6 Å². The Morgan fingerprint density at radius 2 is 1.81 bits per heavy atom. The van der Waals surface area contributed by atoms with Crippen LogP contribution in [-0.4, -0.2) is 24.1 Å². The lowest BCUT2D eigenvalue weighted by Crippen LogP contribution is -2.32. The van der Waals surface area contributed by atoms with Crippen molar-refractivity contribution in [1.82, 2.24) is 5.32 Å². The molecule has 4 nitrogen and oxygen atoms in total. The van der Waals surface area contributed by atoms with E-state index in [4.69, 9.17) is 0 Å². The Bertz CT molecular complexity index is 762. The number of carbonyl (C=O) groups is 1. The van der Waals surface area contributed by atoms with Gasteiger partial charge in [-0.1, -0.05) is 24.3 Å². The molecule has 138 valence electrons. The number of nitrogens with zero attached hydrogens (tertiary/aromatic N) is 1. The van der Waals surface area contributed by atoms with Crippen molar-refractivity contribution in [2.75, 3.05) is 18.0 Å². The average molecular weight is 352 g/mol. The van der Waals surface area contributed by atoms with Crippen molar-refractivity contribution in [3.8, 4) is 5.75 Å². The van der Waals surface area contributed by atoms with E-state index in [1.54, 1.807) is 13.0 Å². The fourth-order valence-electron chi connectivity index (χ4n) is 3.75. The smallest absolute Gasteiger partial charge is 0.217 e. The summed E-state index contributed by atoms with van der Waals surface area (Å²) < 4.78 is 0. The fraction of sp³-hybridized carbons (Fsp3) is 0.409. The van der Waals surface area contributed by atoms with E-state index >= 15 is 0 Å². The van der Waals surface area contributed by atoms with E-state index in [1.807, 2.05) is 19.9 Å². The van der Waals surface area contributed by atoms with Crippen molar-refractivity contribution in [1.29, 1.82) is 0 Å². The number of carbonyl (C=O) groups excluding carboxylic acids is 1. The molecule has 4 heteroatoms. The lowest BCUT2D eigenvalue weighted by molar-refractivity contribution is -0.119. The summed E-state index contributed by atoms with van der Waals surface area (Å²) in [5, 5.41) is 12.6. The first-order valence-corrected chi connectivity index (χ1v) is 9.35. The molecule has 1 unspecified atom stereocenters. The third kappa shape index (κ3) is 4.18. The normalized spacial score (nSPS) is 16.3. The Labute approximate surface area is 155 Å². The largest absolute Gasteiger partial charge is 0.508 e. The van der Waals surface area contributed by atoms with Crippen LogP contribution in [0, 0.1) is 6.92 Å². The van der Waals surface area contributed by atoms with Gasteiger partial charge >= 0.3 is 0 Å².